The molecule has 8 heteroatoms. The maximum atomic E-state index is 6.16. The van der Waals surface area contributed by atoms with E-state index in [4.69, 9.17) is 18.9 Å². The molecule has 1 saturated heterocycles. The number of rotatable bonds is 13. The molecule has 0 aromatic rings. The molecule has 1 fully saturated rings. The molecule has 1 aliphatic rings. The van der Waals surface area contributed by atoms with E-state index in [1.54, 1.807) is 14.2 Å². The second-order valence-corrected chi connectivity index (χ2v) is 7.32. The largest absolute Gasteiger partial charge is 0.382 e. The van der Waals surface area contributed by atoms with Gasteiger partial charge in [0.1, 0.15) is 26.2 Å². The number of ether oxygens (including phenoxy) is 4. The van der Waals surface area contributed by atoms with Crippen molar-refractivity contribution in [2.24, 2.45) is 0 Å². The summed E-state index contributed by atoms with van der Waals surface area (Å²) in [5.74, 6) is 0. The summed E-state index contributed by atoms with van der Waals surface area (Å²) in [7, 11) is 13.9. The minimum absolute atomic E-state index is 0.0158. The van der Waals surface area contributed by atoms with Crippen LogP contribution in [0.3, 0.4) is 0 Å². The van der Waals surface area contributed by atoms with Crippen molar-refractivity contribution in [3.63, 3.8) is 0 Å². The Morgan fingerprint density at radius 3 is 1.96 bits per heavy atom. The van der Waals surface area contributed by atoms with Gasteiger partial charge in [0.2, 0.25) is 0 Å². The van der Waals surface area contributed by atoms with E-state index < -0.39 is 0 Å². The first-order valence-corrected chi connectivity index (χ1v) is 9.19. The van der Waals surface area contributed by atoms with Crippen molar-refractivity contribution in [1.82, 2.24) is 14.7 Å². The summed E-state index contributed by atoms with van der Waals surface area (Å²) >= 11 is 0. The average Bonchev–Trinajstić information content (AvgIpc) is 2.84. The first kappa shape index (κ1) is 22.8. The molecule has 0 amide bonds. The van der Waals surface area contributed by atoms with Crippen LogP contribution in [-0.4, -0.2) is 135 Å². The number of hydrogen-bond acceptors (Lipinski definition) is 7. The van der Waals surface area contributed by atoms with Crippen molar-refractivity contribution in [3.05, 3.63) is 0 Å². The maximum absolute atomic E-state index is 6.16. The van der Waals surface area contributed by atoms with Gasteiger partial charge < -0.3 is 28.7 Å². The molecule has 0 spiro atoms. The van der Waals surface area contributed by atoms with Gasteiger partial charge in [0, 0.05) is 46.9 Å². The van der Waals surface area contributed by atoms with Gasteiger partial charge in [-0.15, -0.1) is 0 Å². The highest BCUT2D eigenvalue weighted by molar-refractivity contribution is 6.11. The minimum Gasteiger partial charge on any atom is -0.382 e. The Morgan fingerprint density at radius 1 is 0.880 bits per heavy atom. The zero-order chi connectivity index (χ0) is 18.8. The number of methoxy groups -OCH3 is 2. The van der Waals surface area contributed by atoms with Crippen molar-refractivity contribution in [1.29, 1.82) is 0 Å². The van der Waals surface area contributed by atoms with E-state index in [0.29, 0.717) is 13.2 Å². The van der Waals surface area contributed by atoms with Gasteiger partial charge in [-0.25, -0.2) is 0 Å². The van der Waals surface area contributed by atoms with Gasteiger partial charge in [0.25, 0.3) is 0 Å². The fraction of sp³-hybridized carbons (Fsp3) is 1.00. The summed E-state index contributed by atoms with van der Waals surface area (Å²) in [5.41, 5.74) is 0. The molecule has 1 rings (SSSR count). The highest BCUT2D eigenvalue weighted by Crippen LogP contribution is 2.24. The van der Waals surface area contributed by atoms with E-state index in [9.17, 15) is 0 Å². The van der Waals surface area contributed by atoms with Gasteiger partial charge in [-0.1, -0.05) is 0 Å². The van der Waals surface area contributed by atoms with E-state index in [1.165, 1.54) is 0 Å². The summed E-state index contributed by atoms with van der Waals surface area (Å²) in [6.07, 6.45) is -0.185. The van der Waals surface area contributed by atoms with Crippen molar-refractivity contribution in [3.8, 4) is 0 Å². The fourth-order valence-corrected chi connectivity index (χ4v) is 3.06. The van der Waals surface area contributed by atoms with Crippen LogP contribution in [0.15, 0.2) is 0 Å². The molecule has 1 aliphatic heterocycles. The Labute approximate surface area is 154 Å². The lowest BCUT2D eigenvalue weighted by atomic mass is 9.93. The lowest BCUT2D eigenvalue weighted by Crippen LogP contribution is -2.42. The van der Waals surface area contributed by atoms with Crippen molar-refractivity contribution < 1.29 is 18.9 Å². The van der Waals surface area contributed by atoms with Crippen LogP contribution in [0.25, 0.3) is 0 Å². The Bertz CT molecular complexity index is 338. The predicted molar refractivity (Wildman–Crippen MR) is 103 cm³/mol. The molecular formula is C17H38BN3O4. The topological polar surface area (TPSA) is 46.6 Å². The van der Waals surface area contributed by atoms with E-state index in [0.717, 1.165) is 32.7 Å². The molecule has 0 aromatic carbocycles. The predicted octanol–water partition coefficient (Wildman–Crippen LogP) is -1.18. The first-order chi connectivity index (χ1) is 11.9. The maximum Gasteiger partial charge on any atom is 0.142 e. The fourth-order valence-electron chi connectivity index (χ4n) is 3.06. The summed E-state index contributed by atoms with van der Waals surface area (Å²) in [4.78, 5) is 6.88. The third-order valence-corrected chi connectivity index (χ3v) is 4.59. The molecule has 0 aromatic heterocycles. The second kappa shape index (κ2) is 12.2. The van der Waals surface area contributed by atoms with Gasteiger partial charge in [-0.2, -0.15) is 0 Å². The molecule has 148 valence electrons. The molecule has 1 heterocycles. The third kappa shape index (κ3) is 8.34. The van der Waals surface area contributed by atoms with Gasteiger partial charge in [-0.3, -0.25) is 4.90 Å². The number of likely N-dealkylation sites (N-methyl/N-ethyl adjacent to an activating group) is 2. The zero-order valence-corrected chi connectivity index (χ0v) is 17.2. The van der Waals surface area contributed by atoms with Gasteiger partial charge in [0.05, 0.1) is 19.2 Å². The number of nitrogens with zero attached hydrogens (tertiary/aromatic N) is 3. The summed E-state index contributed by atoms with van der Waals surface area (Å²) < 4.78 is 22.9. The molecule has 7 nitrogen and oxygen atoms in total. The third-order valence-electron chi connectivity index (χ3n) is 4.59. The Morgan fingerprint density at radius 2 is 1.48 bits per heavy atom. The molecule has 0 N–H and O–H groups in total. The highest BCUT2D eigenvalue weighted by Gasteiger charge is 2.43. The van der Waals surface area contributed by atoms with Crippen LogP contribution in [0.2, 0.25) is 0 Å². The molecule has 4 atom stereocenters. The zero-order valence-electron chi connectivity index (χ0n) is 17.2. The molecule has 0 bridgehead atoms. The van der Waals surface area contributed by atoms with Crippen LogP contribution < -0.4 is 0 Å². The van der Waals surface area contributed by atoms with Crippen molar-refractivity contribution in [2.45, 2.75) is 24.3 Å². The Kier molecular flexibility index (Phi) is 11.2. The molecule has 0 saturated carbocycles. The molecular weight excluding hydrogens is 321 g/mol. The van der Waals surface area contributed by atoms with Gasteiger partial charge in [0.15, 0.2) is 0 Å². The van der Waals surface area contributed by atoms with Crippen LogP contribution in [0.5, 0.6) is 0 Å². The molecule has 0 radical (unpaired) electrons. The lowest BCUT2D eigenvalue weighted by Gasteiger charge is -2.27. The summed E-state index contributed by atoms with van der Waals surface area (Å²) in [6, 6.07) is 0.0158. The quantitative estimate of drug-likeness (QED) is 0.384. The van der Waals surface area contributed by atoms with Crippen LogP contribution in [0.1, 0.15) is 0 Å². The van der Waals surface area contributed by atoms with Crippen LogP contribution >= 0.6 is 0 Å². The van der Waals surface area contributed by atoms with Crippen molar-refractivity contribution >= 4 is 7.85 Å². The first-order valence-electron chi connectivity index (χ1n) is 9.19. The summed E-state index contributed by atoms with van der Waals surface area (Å²) in [5, 5.41) is 0. The van der Waals surface area contributed by atoms with Crippen LogP contribution in [0.4, 0.5) is 0 Å². The van der Waals surface area contributed by atoms with Crippen LogP contribution in [-0.2, 0) is 18.9 Å². The Balaban J connectivity index is 2.46. The van der Waals surface area contributed by atoms with Crippen LogP contribution in [0, 0.1) is 0 Å². The normalized spacial score (nSPS) is 27.1. The molecule has 25 heavy (non-hydrogen) atoms. The van der Waals surface area contributed by atoms with Crippen molar-refractivity contribution in [2.75, 3.05) is 88.3 Å². The molecule has 0 aliphatic carbocycles. The van der Waals surface area contributed by atoms with E-state index in [1.807, 2.05) is 7.85 Å². The Hall–Kier alpha value is -0.215. The van der Waals surface area contributed by atoms with Gasteiger partial charge in [-0.05, 0) is 28.2 Å². The smallest absolute Gasteiger partial charge is 0.142 e. The standard InChI is InChI=1S/C17H38BN3O4/c1-19(2)7-9-21(10-8-20(3)4)11-12-24-16-15(23-6)14(13-22-5)25-17(16)18/h14-17H,7-13,18H2,1-6H3/t14-,15?,16+,17-/m1/s1. The van der Waals surface area contributed by atoms with E-state index in [-0.39, 0.29) is 24.3 Å². The SMILES string of the molecule is B[C@@H]1O[C@H](COC)C(OC)[C@@H]1OCCN(CCN(C)C)CCN(C)C. The lowest BCUT2D eigenvalue weighted by molar-refractivity contribution is -0.0584. The average molecular weight is 359 g/mol. The molecule has 1 unspecified atom stereocenters. The minimum atomic E-state index is -0.0769. The van der Waals surface area contributed by atoms with Gasteiger partial charge >= 0.3 is 0 Å². The highest BCUT2D eigenvalue weighted by atomic mass is 16.6. The number of hydrogen-bond donors (Lipinski definition) is 0. The summed E-state index contributed by atoms with van der Waals surface area (Å²) in [6.45, 7) is 6.30. The second-order valence-electron chi connectivity index (χ2n) is 7.32. The van der Waals surface area contributed by atoms with E-state index in [2.05, 4.69) is 42.9 Å². The monoisotopic (exact) mass is 359 g/mol. The van der Waals surface area contributed by atoms with E-state index >= 15 is 0 Å².